The van der Waals surface area contributed by atoms with Crippen LogP contribution in [0.3, 0.4) is 0 Å². The highest BCUT2D eigenvalue weighted by molar-refractivity contribution is 5.52. The van der Waals surface area contributed by atoms with Crippen molar-refractivity contribution >= 4 is 5.69 Å². The van der Waals surface area contributed by atoms with Gasteiger partial charge in [0.1, 0.15) is 0 Å². The SMILES string of the molecule is CCN1CCN(c2ccc3c(c2)CNC3)CC1. The summed E-state index contributed by atoms with van der Waals surface area (Å²) in [5, 5.41) is 3.41. The molecule has 2 heterocycles. The molecule has 2 aliphatic rings. The molecule has 0 saturated carbocycles. The van der Waals surface area contributed by atoms with E-state index >= 15 is 0 Å². The van der Waals surface area contributed by atoms with Gasteiger partial charge in [-0.3, -0.25) is 0 Å². The summed E-state index contributed by atoms with van der Waals surface area (Å²) in [6.07, 6.45) is 0. The molecular formula is C14H21N3. The van der Waals surface area contributed by atoms with Gasteiger partial charge in [-0.15, -0.1) is 0 Å². The van der Waals surface area contributed by atoms with Crippen LogP contribution in [0, 0.1) is 0 Å². The number of nitrogens with one attached hydrogen (secondary N) is 1. The van der Waals surface area contributed by atoms with E-state index in [0.29, 0.717) is 0 Å². The topological polar surface area (TPSA) is 18.5 Å². The summed E-state index contributed by atoms with van der Waals surface area (Å²) in [7, 11) is 0. The summed E-state index contributed by atoms with van der Waals surface area (Å²) >= 11 is 0. The lowest BCUT2D eigenvalue weighted by Crippen LogP contribution is -2.46. The lowest BCUT2D eigenvalue weighted by atomic mass is 10.1. The van der Waals surface area contributed by atoms with Crippen LogP contribution in [0.25, 0.3) is 0 Å². The Bertz CT molecular complexity index is 394. The predicted octanol–water partition coefficient (Wildman–Crippen LogP) is 1.43. The third-order valence-corrected chi connectivity index (χ3v) is 4.01. The highest BCUT2D eigenvalue weighted by Crippen LogP contribution is 2.23. The maximum Gasteiger partial charge on any atom is 0.0370 e. The molecule has 0 bridgehead atoms. The molecule has 1 fully saturated rings. The Morgan fingerprint density at radius 1 is 1.06 bits per heavy atom. The van der Waals surface area contributed by atoms with Crippen molar-refractivity contribution in [2.45, 2.75) is 20.0 Å². The zero-order valence-corrected chi connectivity index (χ0v) is 10.6. The zero-order valence-electron chi connectivity index (χ0n) is 10.6. The van der Waals surface area contributed by atoms with Crippen molar-refractivity contribution in [3.8, 4) is 0 Å². The first-order valence-electron chi connectivity index (χ1n) is 6.66. The molecule has 3 nitrogen and oxygen atoms in total. The van der Waals surface area contributed by atoms with Crippen LogP contribution < -0.4 is 10.2 Å². The number of rotatable bonds is 2. The van der Waals surface area contributed by atoms with Crippen LogP contribution in [0.1, 0.15) is 18.1 Å². The highest BCUT2D eigenvalue weighted by atomic mass is 15.3. The second-order valence-electron chi connectivity index (χ2n) is 4.98. The van der Waals surface area contributed by atoms with E-state index in [2.05, 4.69) is 40.2 Å². The van der Waals surface area contributed by atoms with Crippen LogP contribution in [0.4, 0.5) is 5.69 Å². The Morgan fingerprint density at radius 2 is 1.82 bits per heavy atom. The third kappa shape index (κ3) is 2.17. The Kier molecular flexibility index (Phi) is 3.04. The molecular weight excluding hydrogens is 210 g/mol. The summed E-state index contributed by atoms with van der Waals surface area (Å²) in [5.74, 6) is 0. The lowest BCUT2D eigenvalue weighted by Gasteiger charge is -2.35. The maximum absolute atomic E-state index is 3.41. The number of hydrogen-bond acceptors (Lipinski definition) is 3. The molecule has 0 unspecified atom stereocenters. The fourth-order valence-corrected chi connectivity index (χ4v) is 2.80. The van der Waals surface area contributed by atoms with E-state index < -0.39 is 0 Å². The number of fused-ring (bicyclic) bond motifs is 1. The molecule has 3 heteroatoms. The van der Waals surface area contributed by atoms with Crippen molar-refractivity contribution < 1.29 is 0 Å². The monoisotopic (exact) mass is 231 g/mol. The maximum atomic E-state index is 3.41. The second-order valence-corrected chi connectivity index (χ2v) is 4.98. The number of hydrogen-bond donors (Lipinski definition) is 1. The van der Waals surface area contributed by atoms with Gasteiger partial charge >= 0.3 is 0 Å². The minimum Gasteiger partial charge on any atom is -0.369 e. The molecule has 0 aliphatic carbocycles. The number of benzene rings is 1. The van der Waals surface area contributed by atoms with E-state index in [4.69, 9.17) is 0 Å². The van der Waals surface area contributed by atoms with Crippen molar-refractivity contribution in [2.24, 2.45) is 0 Å². The summed E-state index contributed by atoms with van der Waals surface area (Å²) in [6, 6.07) is 6.95. The van der Waals surface area contributed by atoms with Crippen LogP contribution in [0.5, 0.6) is 0 Å². The molecule has 92 valence electrons. The van der Waals surface area contributed by atoms with Gasteiger partial charge in [0.25, 0.3) is 0 Å². The normalized spacial score (nSPS) is 20.6. The van der Waals surface area contributed by atoms with Crippen molar-refractivity contribution in [3.63, 3.8) is 0 Å². The molecule has 17 heavy (non-hydrogen) atoms. The summed E-state index contributed by atoms with van der Waals surface area (Å²) in [5.41, 5.74) is 4.37. The molecule has 1 saturated heterocycles. The van der Waals surface area contributed by atoms with E-state index in [1.807, 2.05) is 0 Å². The molecule has 1 aromatic carbocycles. The summed E-state index contributed by atoms with van der Waals surface area (Å²) in [4.78, 5) is 5.04. The Balaban J connectivity index is 1.72. The van der Waals surface area contributed by atoms with Crippen LogP contribution >= 0.6 is 0 Å². The van der Waals surface area contributed by atoms with Gasteiger partial charge < -0.3 is 15.1 Å². The minimum atomic E-state index is 1.04. The van der Waals surface area contributed by atoms with Crippen LogP contribution in [-0.2, 0) is 13.1 Å². The van der Waals surface area contributed by atoms with Crippen molar-refractivity contribution in [1.29, 1.82) is 0 Å². The standard InChI is InChI=1S/C14H21N3/c1-2-16-5-7-17(8-6-16)14-4-3-12-10-15-11-13(12)9-14/h3-4,9,15H,2,5-8,10-11H2,1H3. The van der Waals surface area contributed by atoms with Gasteiger partial charge in [-0.2, -0.15) is 0 Å². The molecule has 0 atom stereocenters. The van der Waals surface area contributed by atoms with Crippen molar-refractivity contribution in [2.75, 3.05) is 37.6 Å². The average molecular weight is 231 g/mol. The Hall–Kier alpha value is -1.06. The van der Waals surface area contributed by atoms with Gasteiger partial charge in [-0.1, -0.05) is 13.0 Å². The van der Waals surface area contributed by atoms with E-state index in [0.717, 1.165) is 13.1 Å². The zero-order chi connectivity index (χ0) is 11.7. The van der Waals surface area contributed by atoms with Crippen molar-refractivity contribution in [1.82, 2.24) is 10.2 Å². The molecule has 1 aromatic rings. The van der Waals surface area contributed by atoms with Crippen molar-refractivity contribution in [3.05, 3.63) is 29.3 Å². The molecule has 2 aliphatic heterocycles. The van der Waals surface area contributed by atoms with Gasteiger partial charge in [-0.05, 0) is 29.8 Å². The first kappa shape index (κ1) is 11.1. The highest BCUT2D eigenvalue weighted by Gasteiger charge is 2.17. The lowest BCUT2D eigenvalue weighted by molar-refractivity contribution is 0.271. The molecule has 0 aromatic heterocycles. The number of nitrogens with zero attached hydrogens (tertiary/aromatic N) is 2. The smallest absolute Gasteiger partial charge is 0.0370 e. The minimum absolute atomic E-state index is 1.04. The van der Waals surface area contributed by atoms with Gasteiger partial charge in [-0.25, -0.2) is 0 Å². The van der Waals surface area contributed by atoms with E-state index in [-0.39, 0.29) is 0 Å². The van der Waals surface area contributed by atoms with Gasteiger partial charge in [0, 0.05) is 45.0 Å². The number of piperazine rings is 1. The van der Waals surface area contributed by atoms with E-state index in [1.165, 1.54) is 49.5 Å². The molecule has 0 spiro atoms. The van der Waals surface area contributed by atoms with Gasteiger partial charge in [0.05, 0.1) is 0 Å². The van der Waals surface area contributed by atoms with Gasteiger partial charge in [0.2, 0.25) is 0 Å². The quantitative estimate of drug-likeness (QED) is 0.831. The Morgan fingerprint density at radius 3 is 2.59 bits per heavy atom. The first-order chi connectivity index (χ1) is 8.36. The number of likely N-dealkylation sites (N-methyl/N-ethyl adjacent to an activating group) is 1. The van der Waals surface area contributed by atoms with Crippen LogP contribution in [0.2, 0.25) is 0 Å². The summed E-state index contributed by atoms with van der Waals surface area (Å²) in [6.45, 7) is 10.2. The molecule has 0 amide bonds. The van der Waals surface area contributed by atoms with E-state index in [9.17, 15) is 0 Å². The van der Waals surface area contributed by atoms with Crippen LogP contribution in [0.15, 0.2) is 18.2 Å². The fraction of sp³-hybridized carbons (Fsp3) is 0.571. The fourth-order valence-electron chi connectivity index (χ4n) is 2.80. The summed E-state index contributed by atoms with van der Waals surface area (Å²) < 4.78 is 0. The predicted molar refractivity (Wildman–Crippen MR) is 71.3 cm³/mol. The number of anilines is 1. The first-order valence-corrected chi connectivity index (χ1v) is 6.66. The second kappa shape index (κ2) is 4.67. The molecule has 1 N–H and O–H groups in total. The average Bonchev–Trinajstić information content (AvgIpc) is 2.86. The molecule has 3 rings (SSSR count). The third-order valence-electron chi connectivity index (χ3n) is 4.01. The largest absolute Gasteiger partial charge is 0.369 e. The van der Waals surface area contributed by atoms with E-state index in [1.54, 1.807) is 0 Å². The van der Waals surface area contributed by atoms with Gasteiger partial charge in [0.15, 0.2) is 0 Å². The molecule has 0 radical (unpaired) electrons. The van der Waals surface area contributed by atoms with Crippen LogP contribution in [-0.4, -0.2) is 37.6 Å². The Labute approximate surface area is 103 Å².